The normalized spacial score (nSPS) is 15.0. The molecule has 0 bridgehead atoms. The Balaban J connectivity index is 1.59. The van der Waals surface area contributed by atoms with Crippen molar-refractivity contribution < 1.29 is 23.9 Å². The third-order valence-corrected chi connectivity index (χ3v) is 5.78. The second-order valence-electron chi connectivity index (χ2n) is 7.49. The van der Waals surface area contributed by atoms with E-state index in [4.69, 9.17) is 18.6 Å². The maximum Gasteiger partial charge on any atom is 0.213 e. The standard InChI is InChI=1S/C25H24N2O4/c1-28-21-12-17(13-22(29-2)24(21)30-3)23-19-10-7-11-27(19)25-18(15-26-23)14-20(31-25)16-8-5-4-6-9-16/h4-14,23,26H,15H2,1-3H3/p+1. The number of methoxy groups -OCH3 is 3. The molecule has 6 nitrogen and oxygen atoms in total. The fourth-order valence-corrected chi connectivity index (χ4v) is 4.30. The highest BCUT2D eigenvalue weighted by molar-refractivity contribution is 5.61. The van der Waals surface area contributed by atoms with Crippen LogP contribution in [0.2, 0.25) is 0 Å². The molecule has 158 valence electrons. The van der Waals surface area contributed by atoms with Gasteiger partial charge in [0.05, 0.1) is 32.6 Å². The summed E-state index contributed by atoms with van der Waals surface area (Å²) in [7, 11) is 4.90. The number of nitrogens with zero attached hydrogens (tertiary/aromatic N) is 1. The molecule has 2 N–H and O–H groups in total. The molecule has 2 aromatic heterocycles. The first-order valence-electron chi connectivity index (χ1n) is 10.2. The highest BCUT2D eigenvalue weighted by Gasteiger charge is 2.30. The van der Waals surface area contributed by atoms with E-state index in [9.17, 15) is 0 Å². The summed E-state index contributed by atoms with van der Waals surface area (Å²) in [5, 5.41) is 2.31. The molecule has 0 radical (unpaired) electrons. The van der Waals surface area contributed by atoms with Gasteiger partial charge in [-0.05, 0) is 30.3 Å². The molecule has 1 aliphatic heterocycles. The van der Waals surface area contributed by atoms with Gasteiger partial charge in [0.2, 0.25) is 11.6 Å². The summed E-state index contributed by atoms with van der Waals surface area (Å²) >= 11 is 0. The van der Waals surface area contributed by atoms with Crippen LogP contribution in [0.4, 0.5) is 0 Å². The Morgan fingerprint density at radius 1 is 0.903 bits per heavy atom. The van der Waals surface area contributed by atoms with Gasteiger partial charge in [-0.15, -0.1) is 0 Å². The minimum absolute atomic E-state index is 0.0477. The minimum atomic E-state index is 0.0477. The molecule has 0 saturated carbocycles. The SMILES string of the molecule is COc1cc(C2[NH2+]Cc3cc(-c4ccccc4)oc3-n3cccc32)cc(OC)c1OC. The first-order chi connectivity index (χ1) is 15.2. The molecule has 5 rings (SSSR count). The van der Waals surface area contributed by atoms with E-state index in [0.717, 1.165) is 40.6 Å². The molecule has 31 heavy (non-hydrogen) atoms. The number of benzene rings is 2. The van der Waals surface area contributed by atoms with Gasteiger partial charge in [-0.25, -0.2) is 0 Å². The van der Waals surface area contributed by atoms with Crippen LogP contribution in [0.5, 0.6) is 17.2 Å². The van der Waals surface area contributed by atoms with Crippen molar-refractivity contribution in [1.82, 2.24) is 4.57 Å². The van der Waals surface area contributed by atoms with Crippen molar-refractivity contribution >= 4 is 0 Å². The molecule has 2 aromatic carbocycles. The zero-order chi connectivity index (χ0) is 21.4. The van der Waals surface area contributed by atoms with E-state index in [0.29, 0.717) is 17.2 Å². The lowest BCUT2D eigenvalue weighted by Gasteiger charge is -2.19. The van der Waals surface area contributed by atoms with Crippen LogP contribution in [0.1, 0.15) is 22.9 Å². The Kier molecular flexibility index (Phi) is 4.92. The third kappa shape index (κ3) is 3.25. The second kappa shape index (κ2) is 7.89. The van der Waals surface area contributed by atoms with Gasteiger partial charge >= 0.3 is 0 Å². The monoisotopic (exact) mass is 417 g/mol. The van der Waals surface area contributed by atoms with Crippen molar-refractivity contribution in [3.63, 3.8) is 0 Å². The fraction of sp³-hybridized carbons (Fsp3) is 0.200. The largest absolute Gasteiger partial charge is 0.493 e. The first kappa shape index (κ1) is 19.3. The Morgan fingerprint density at radius 2 is 1.65 bits per heavy atom. The number of aromatic nitrogens is 1. The quantitative estimate of drug-likeness (QED) is 0.535. The van der Waals surface area contributed by atoms with Crippen LogP contribution in [0.15, 0.2) is 71.3 Å². The van der Waals surface area contributed by atoms with Crippen LogP contribution in [0.25, 0.3) is 17.2 Å². The predicted molar refractivity (Wildman–Crippen MR) is 117 cm³/mol. The lowest BCUT2D eigenvalue weighted by molar-refractivity contribution is -0.702. The van der Waals surface area contributed by atoms with E-state index in [1.807, 2.05) is 36.4 Å². The summed E-state index contributed by atoms with van der Waals surface area (Å²) in [6, 6.07) is 20.6. The van der Waals surface area contributed by atoms with E-state index < -0.39 is 0 Å². The van der Waals surface area contributed by atoms with E-state index in [2.05, 4.69) is 40.3 Å². The summed E-state index contributed by atoms with van der Waals surface area (Å²) < 4.78 is 25.1. The number of ether oxygens (including phenoxy) is 3. The van der Waals surface area contributed by atoms with E-state index >= 15 is 0 Å². The molecule has 0 saturated heterocycles. The number of hydrogen-bond donors (Lipinski definition) is 1. The molecule has 3 heterocycles. The smallest absolute Gasteiger partial charge is 0.213 e. The minimum Gasteiger partial charge on any atom is -0.493 e. The number of quaternary nitrogens is 1. The summed E-state index contributed by atoms with van der Waals surface area (Å²) in [6.07, 6.45) is 2.05. The number of nitrogens with two attached hydrogens (primary N) is 1. The maximum atomic E-state index is 6.34. The van der Waals surface area contributed by atoms with Gasteiger partial charge in [0.1, 0.15) is 12.3 Å². The average molecular weight is 417 g/mol. The maximum absolute atomic E-state index is 6.34. The van der Waals surface area contributed by atoms with E-state index in [-0.39, 0.29) is 6.04 Å². The zero-order valence-electron chi connectivity index (χ0n) is 17.8. The van der Waals surface area contributed by atoms with E-state index in [1.165, 1.54) is 0 Å². The molecule has 6 heteroatoms. The molecular formula is C25H25N2O4+. The highest BCUT2D eigenvalue weighted by atomic mass is 16.5. The van der Waals surface area contributed by atoms with E-state index in [1.54, 1.807) is 21.3 Å². The molecule has 1 unspecified atom stereocenters. The van der Waals surface area contributed by atoms with Gasteiger partial charge in [0.25, 0.3) is 0 Å². The topological polar surface area (TPSA) is 62.4 Å². The fourth-order valence-electron chi connectivity index (χ4n) is 4.30. The first-order valence-corrected chi connectivity index (χ1v) is 10.2. The number of rotatable bonds is 5. The molecular weight excluding hydrogens is 392 g/mol. The Hall–Kier alpha value is -3.64. The predicted octanol–water partition coefficient (Wildman–Crippen LogP) is 3.93. The molecule has 0 spiro atoms. The van der Waals surface area contributed by atoms with Crippen molar-refractivity contribution in [2.45, 2.75) is 12.6 Å². The summed E-state index contributed by atoms with van der Waals surface area (Å²) in [6.45, 7) is 0.786. The summed E-state index contributed by atoms with van der Waals surface area (Å²) in [5.41, 5.74) is 4.43. The molecule has 4 aromatic rings. The van der Waals surface area contributed by atoms with Gasteiger partial charge < -0.3 is 23.9 Å². The van der Waals surface area contributed by atoms with Crippen molar-refractivity contribution in [1.29, 1.82) is 0 Å². The van der Waals surface area contributed by atoms with Gasteiger partial charge in [0.15, 0.2) is 17.5 Å². The van der Waals surface area contributed by atoms with Crippen LogP contribution >= 0.6 is 0 Å². The van der Waals surface area contributed by atoms with Gasteiger partial charge in [-0.1, -0.05) is 30.3 Å². The number of hydrogen-bond acceptors (Lipinski definition) is 4. The van der Waals surface area contributed by atoms with Crippen molar-refractivity contribution in [3.8, 4) is 34.5 Å². The number of furan rings is 1. The van der Waals surface area contributed by atoms with Gasteiger partial charge in [0, 0.05) is 17.3 Å². The second-order valence-corrected chi connectivity index (χ2v) is 7.49. The third-order valence-electron chi connectivity index (χ3n) is 5.78. The van der Waals surface area contributed by atoms with Crippen LogP contribution in [-0.4, -0.2) is 25.9 Å². The van der Waals surface area contributed by atoms with Gasteiger partial charge in [-0.3, -0.25) is 4.57 Å². The summed E-state index contributed by atoms with van der Waals surface area (Å²) in [4.78, 5) is 0. The molecule has 1 aliphatic rings. The summed E-state index contributed by atoms with van der Waals surface area (Å²) in [5.74, 6) is 3.64. The lowest BCUT2D eigenvalue weighted by atomic mass is 10.0. The molecule has 0 amide bonds. The molecule has 0 aliphatic carbocycles. The Bertz CT molecular complexity index is 1180. The number of fused-ring (bicyclic) bond motifs is 3. The highest BCUT2D eigenvalue weighted by Crippen LogP contribution is 2.41. The van der Waals surface area contributed by atoms with Crippen molar-refractivity contribution in [2.75, 3.05) is 21.3 Å². The lowest BCUT2D eigenvalue weighted by Crippen LogP contribution is -2.83. The average Bonchev–Trinajstić information content (AvgIpc) is 3.44. The van der Waals surface area contributed by atoms with Crippen molar-refractivity contribution in [2.24, 2.45) is 0 Å². The molecule has 1 atom stereocenters. The van der Waals surface area contributed by atoms with Gasteiger partial charge in [-0.2, -0.15) is 0 Å². The Labute approximate surface area is 181 Å². The van der Waals surface area contributed by atoms with Crippen molar-refractivity contribution in [3.05, 3.63) is 83.7 Å². The van der Waals surface area contributed by atoms with Crippen LogP contribution in [0.3, 0.4) is 0 Å². The Morgan fingerprint density at radius 3 is 2.32 bits per heavy atom. The zero-order valence-corrected chi connectivity index (χ0v) is 17.8. The van der Waals surface area contributed by atoms with Crippen LogP contribution < -0.4 is 19.5 Å². The van der Waals surface area contributed by atoms with Crippen LogP contribution in [0, 0.1) is 0 Å². The van der Waals surface area contributed by atoms with Crippen LogP contribution in [-0.2, 0) is 6.54 Å². The molecule has 0 fully saturated rings.